The van der Waals surface area contributed by atoms with Crippen LogP contribution in [0.5, 0.6) is 16.7 Å². The Balaban J connectivity index is 2.02. The van der Waals surface area contributed by atoms with Crippen LogP contribution in [0.2, 0.25) is 0 Å². The van der Waals surface area contributed by atoms with Gasteiger partial charge in [0.25, 0.3) is 11.1 Å². The van der Waals surface area contributed by atoms with Crippen molar-refractivity contribution in [1.82, 2.24) is 9.88 Å². The van der Waals surface area contributed by atoms with Crippen molar-refractivity contribution in [3.63, 3.8) is 0 Å². The number of ether oxygens (including phenoxy) is 3. The number of esters is 1. The van der Waals surface area contributed by atoms with Gasteiger partial charge in [0, 0.05) is 14.1 Å². The second-order valence-electron chi connectivity index (χ2n) is 5.38. The van der Waals surface area contributed by atoms with E-state index in [2.05, 4.69) is 20.9 Å². The molecule has 0 N–H and O–H groups in total. The molecule has 7 nitrogen and oxygen atoms in total. The van der Waals surface area contributed by atoms with Crippen LogP contribution in [0.3, 0.4) is 0 Å². The smallest absolute Gasteiger partial charge is 0.347 e. The van der Waals surface area contributed by atoms with Gasteiger partial charge in [0.15, 0.2) is 6.10 Å². The summed E-state index contributed by atoms with van der Waals surface area (Å²) in [5.41, 5.74) is 0. The van der Waals surface area contributed by atoms with Crippen LogP contribution in [0.4, 0.5) is 0 Å². The van der Waals surface area contributed by atoms with E-state index >= 15 is 0 Å². The molecule has 0 aliphatic carbocycles. The standard InChI is InChI=1S/C17H19BrN2O5S/c1-5-23-16(22)10(2)24-11-6-8-12(9-7-11)25-17-19-14(18)13(26-17)15(21)20(3)4/h6-10H,5H2,1-4H3/t10-/m0/s1. The highest BCUT2D eigenvalue weighted by atomic mass is 79.9. The average Bonchev–Trinajstić information content (AvgIpc) is 2.96. The largest absolute Gasteiger partial charge is 0.479 e. The first-order valence-electron chi connectivity index (χ1n) is 7.81. The Morgan fingerprint density at radius 1 is 1.23 bits per heavy atom. The molecular weight excluding hydrogens is 424 g/mol. The first-order chi connectivity index (χ1) is 12.3. The number of hydrogen-bond acceptors (Lipinski definition) is 7. The fraction of sp³-hybridized carbons (Fsp3) is 0.353. The lowest BCUT2D eigenvalue weighted by Crippen LogP contribution is -2.25. The summed E-state index contributed by atoms with van der Waals surface area (Å²) in [6.07, 6.45) is -0.698. The molecule has 0 radical (unpaired) electrons. The van der Waals surface area contributed by atoms with Crippen LogP contribution in [-0.2, 0) is 9.53 Å². The Bertz CT molecular complexity index is 776. The van der Waals surface area contributed by atoms with Crippen molar-refractivity contribution in [3.8, 4) is 16.7 Å². The van der Waals surface area contributed by atoms with Crippen LogP contribution >= 0.6 is 27.3 Å². The van der Waals surface area contributed by atoms with Crippen LogP contribution in [0.15, 0.2) is 28.9 Å². The van der Waals surface area contributed by atoms with Crippen molar-refractivity contribution >= 4 is 39.1 Å². The van der Waals surface area contributed by atoms with Gasteiger partial charge in [-0.25, -0.2) is 4.79 Å². The number of thiazole rings is 1. The van der Waals surface area contributed by atoms with E-state index in [1.54, 1.807) is 52.2 Å². The van der Waals surface area contributed by atoms with Crippen LogP contribution in [0, 0.1) is 0 Å². The quantitative estimate of drug-likeness (QED) is 0.607. The lowest BCUT2D eigenvalue weighted by Gasteiger charge is -2.13. The Hall–Kier alpha value is -2.13. The summed E-state index contributed by atoms with van der Waals surface area (Å²) in [5.74, 6) is 0.479. The van der Waals surface area contributed by atoms with Gasteiger partial charge in [0.05, 0.1) is 6.61 Å². The van der Waals surface area contributed by atoms with Gasteiger partial charge in [0.1, 0.15) is 21.0 Å². The molecule has 2 aromatic rings. The van der Waals surface area contributed by atoms with Crippen molar-refractivity contribution in [2.24, 2.45) is 0 Å². The summed E-state index contributed by atoms with van der Waals surface area (Å²) in [7, 11) is 3.34. The Morgan fingerprint density at radius 3 is 2.42 bits per heavy atom. The van der Waals surface area contributed by atoms with Crippen LogP contribution in [0.25, 0.3) is 0 Å². The zero-order valence-corrected chi connectivity index (χ0v) is 17.2. The molecule has 140 valence electrons. The summed E-state index contributed by atoms with van der Waals surface area (Å²) in [5, 5.41) is 0.343. The van der Waals surface area contributed by atoms with E-state index in [0.717, 1.165) is 11.3 Å². The molecule has 2 rings (SSSR count). The number of benzene rings is 1. The minimum atomic E-state index is -0.698. The highest BCUT2D eigenvalue weighted by Gasteiger charge is 2.19. The molecule has 1 heterocycles. The number of rotatable bonds is 7. The minimum Gasteiger partial charge on any atom is -0.479 e. The molecule has 0 fully saturated rings. The third-order valence-electron chi connectivity index (χ3n) is 3.13. The summed E-state index contributed by atoms with van der Waals surface area (Å²) >= 11 is 4.42. The summed E-state index contributed by atoms with van der Waals surface area (Å²) in [4.78, 5) is 29.7. The van der Waals surface area contributed by atoms with E-state index in [-0.39, 0.29) is 5.91 Å². The van der Waals surface area contributed by atoms with Crippen molar-refractivity contribution in [1.29, 1.82) is 0 Å². The molecule has 0 aliphatic heterocycles. The molecule has 26 heavy (non-hydrogen) atoms. The van der Waals surface area contributed by atoms with Gasteiger partial charge in [-0.2, -0.15) is 4.98 Å². The predicted octanol–water partition coefficient (Wildman–Crippen LogP) is 3.73. The van der Waals surface area contributed by atoms with Crippen molar-refractivity contribution in [2.45, 2.75) is 20.0 Å². The van der Waals surface area contributed by atoms with Crippen molar-refractivity contribution < 1.29 is 23.8 Å². The van der Waals surface area contributed by atoms with E-state index in [4.69, 9.17) is 14.2 Å². The normalized spacial score (nSPS) is 11.6. The Labute approximate surface area is 164 Å². The maximum Gasteiger partial charge on any atom is 0.347 e. The maximum atomic E-state index is 12.0. The maximum absolute atomic E-state index is 12.0. The Morgan fingerprint density at radius 2 is 1.85 bits per heavy atom. The van der Waals surface area contributed by atoms with Gasteiger partial charge < -0.3 is 19.1 Å². The molecule has 1 aromatic carbocycles. The Kier molecular flexibility index (Phi) is 6.98. The number of carbonyl (C=O) groups is 2. The second kappa shape index (κ2) is 9.00. The molecular formula is C17H19BrN2O5S. The van der Waals surface area contributed by atoms with Crippen LogP contribution < -0.4 is 9.47 Å². The summed E-state index contributed by atoms with van der Waals surface area (Å²) in [6, 6.07) is 6.74. The predicted molar refractivity (Wildman–Crippen MR) is 101 cm³/mol. The summed E-state index contributed by atoms with van der Waals surface area (Å²) in [6.45, 7) is 3.67. The molecule has 0 bridgehead atoms. The van der Waals surface area contributed by atoms with E-state index in [1.807, 2.05) is 0 Å². The lowest BCUT2D eigenvalue weighted by atomic mass is 10.3. The molecule has 0 aliphatic rings. The van der Waals surface area contributed by atoms with E-state index < -0.39 is 12.1 Å². The molecule has 1 amide bonds. The SMILES string of the molecule is CCOC(=O)[C@H](C)Oc1ccc(Oc2nc(Br)c(C(=O)N(C)C)s2)cc1. The minimum absolute atomic E-state index is 0.152. The number of amides is 1. The third-order valence-corrected chi connectivity index (χ3v) is 4.88. The average molecular weight is 443 g/mol. The molecule has 1 atom stereocenters. The fourth-order valence-corrected chi connectivity index (χ4v) is 3.40. The van der Waals surface area contributed by atoms with Gasteiger partial charge in [-0.05, 0) is 54.0 Å². The van der Waals surface area contributed by atoms with Crippen molar-refractivity contribution in [3.05, 3.63) is 33.7 Å². The van der Waals surface area contributed by atoms with Crippen LogP contribution in [0.1, 0.15) is 23.5 Å². The van der Waals surface area contributed by atoms with Crippen LogP contribution in [-0.4, -0.2) is 48.6 Å². The van der Waals surface area contributed by atoms with Gasteiger partial charge in [0.2, 0.25) is 0 Å². The number of aromatic nitrogens is 1. The highest BCUT2D eigenvalue weighted by Crippen LogP contribution is 2.33. The third kappa shape index (κ3) is 5.18. The number of hydrogen-bond donors (Lipinski definition) is 0. The zero-order chi connectivity index (χ0) is 19.3. The first-order valence-corrected chi connectivity index (χ1v) is 9.42. The van der Waals surface area contributed by atoms with Crippen molar-refractivity contribution in [2.75, 3.05) is 20.7 Å². The molecule has 0 saturated heterocycles. The second-order valence-corrected chi connectivity index (χ2v) is 7.10. The molecule has 1 aromatic heterocycles. The number of nitrogens with zero attached hydrogens (tertiary/aromatic N) is 2. The highest BCUT2D eigenvalue weighted by molar-refractivity contribution is 9.10. The number of halogens is 1. The van der Waals surface area contributed by atoms with Gasteiger partial charge in [-0.3, -0.25) is 4.79 Å². The molecule has 0 spiro atoms. The van der Waals surface area contributed by atoms with E-state index in [1.165, 1.54) is 4.90 Å². The van der Waals surface area contributed by atoms with Gasteiger partial charge >= 0.3 is 5.97 Å². The monoisotopic (exact) mass is 442 g/mol. The van der Waals surface area contributed by atoms with Gasteiger partial charge in [-0.15, -0.1) is 0 Å². The molecule has 0 saturated carbocycles. The van der Waals surface area contributed by atoms with E-state index in [0.29, 0.717) is 32.8 Å². The zero-order valence-electron chi connectivity index (χ0n) is 14.8. The number of carbonyl (C=O) groups excluding carboxylic acids is 2. The van der Waals surface area contributed by atoms with E-state index in [9.17, 15) is 9.59 Å². The molecule has 0 unspecified atom stereocenters. The lowest BCUT2D eigenvalue weighted by molar-refractivity contribution is -0.150. The fourth-order valence-electron chi connectivity index (χ4n) is 1.86. The summed E-state index contributed by atoms with van der Waals surface area (Å²) < 4.78 is 16.5. The first kappa shape index (κ1) is 20.2. The van der Waals surface area contributed by atoms with Gasteiger partial charge in [-0.1, -0.05) is 11.3 Å². The topological polar surface area (TPSA) is 78.0 Å². The molecule has 9 heteroatoms.